The number of rotatable bonds is 0. The van der Waals surface area contributed by atoms with Gasteiger partial charge < -0.3 is 9.52 Å². The smallest absolute Gasteiger partial charge is 0.181 e. The summed E-state index contributed by atoms with van der Waals surface area (Å²) in [5.74, 6) is 0.198. The molecule has 0 amide bonds. The van der Waals surface area contributed by atoms with Crippen LogP contribution in [0, 0.1) is 0 Å². The number of aromatic nitrogens is 1. The second-order valence-electron chi connectivity index (χ2n) is 2.00. The van der Waals surface area contributed by atoms with Gasteiger partial charge in [-0.05, 0) is 12.1 Å². The Labute approximate surface area is 56.9 Å². The van der Waals surface area contributed by atoms with Crippen LogP contribution in [0.4, 0.5) is 0 Å². The highest BCUT2D eigenvalue weighted by Crippen LogP contribution is 2.17. The minimum absolute atomic E-state index is 0.198. The summed E-state index contributed by atoms with van der Waals surface area (Å²) in [6.07, 6.45) is 1.35. The van der Waals surface area contributed by atoms with Gasteiger partial charge in [0.1, 0.15) is 11.3 Å². The first kappa shape index (κ1) is 5.29. The SMILES string of the molecule is Oc1ccc2ncoc2c1. The van der Waals surface area contributed by atoms with Crippen LogP contribution in [0.25, 0.3) is 11.1 Å². The second kappa shape index (κ2) is 1.73. The fourth-order valence-corrected chi connectivity index (χ4v) is 0.844. The third-order valence-electron chi connectivity index (χ3n) is 1.31. The van der Waals surface area contributed by atoms with Crippen molar-refractivity contribution < 1.29 is 9.52 Å². The fourth-order valence-electron chi connectivity index (χ4n) is 0.844. The molecule has 10 heavy (non-hydrogen) atoms. The van der Waals surface area contributed by atoms with Crippen molar-refractivity contribution in [2.45, 2.75) is 0 Å². The van der Waals surface area contributed by atoms with Crippen molar-refractivity contribution in [2.75, 3.05) is 0 Å². The first-order chi connectivity index (χ1) is 4.86. The zero-order valence-corrected chi connectivity index (χ0v) is 5.11. The summed E-state index contributed by atoms with van der Waals surface area (Å²) in [5, 5.41) is 8.96. The Hall–Kier alpha value is -1.51. The molecule has 0 aliphatic heterocycles. The molecule has 0 unspecified atom stereocenters. The third-order valence-corrected chi connectivity index (χ3v) is 1.31. The summed E-state index contributed by atoms with van der Waals surface area (Å²) < 4.78 is 4.93. The Balaban J connectivity index is 2.86. The Kier molecular flexibility index (Phi) is 0.917. The highest BCUT2D eigenvalue weighted by molar-refractivity contribution is 5.73. The van der Waals surface area contributed by atoms with E-state index in [1.165, 1.54) is 12.5 Å². The summed E-state index contributed by atoms with van der Waals surface area (Å²) in [5.41, 5.74) is 1.37. The molecule has 0 atom stereocenters. The van der Waals surface area contributed by atoms with Crippen molar-refractivity contribution in [1.29, 1.82) is 0 Å². The number of hydrogen-bond acceptors (Lipinski definition) is 3. The molecule has 50 valence electrons. The predicted octanol–water partition coefficient (Wildman–Crippen LogP) is 1.53. The average Bonchev–Trinajstić information content (AvgIpc) is 2.33. The zero-order chi connectivity index (χ0) is 6.97. The normalized spacial score (nSPS) is 10.4. The lowest BCUT2D eigenvalue weighted by molar-refractivity contribution is 0.474. The second-order valence-corrected chi connectivity index (χ2v) is 2.00. The number of oxazole rings is 1. The lowest BCUT2D eigenvalue weighted by Gasteiger charge is -1.87. The Morgan fingerprint density at radius 2 is 2.30 bits per heavy atom. The highest BCUT2D eigenvalue weighted by Gasteiger charge is 1.96. The molecule has 0 aliphatic carbocycles. The maximum Gasteiger partial charge on any atom is 0.181 e. The van der Waals surface area contributed by atoms with Gasteiger partial charge in [-0.3, -0.25) is 0 Å². The van der Waals surface area contributed by atoms with Gasteiger partial charge in [0.05, 0.1) is 0 Å². The van der Waals surface area contributed by atoms with Gasteiger partial charge in [-0.1, -0.05) is 0 Å². The molecule has 2 rings (SSSR count). The molecular weight excluding hydrogens is 130 g/mol. The molecule has 0 saturated carbocycles. The van der Waals surface area contributed by atoms with E-state index in [1.54, 1.807) is 12.1 Å². The van der Waals surface area contributed by atoms with Gasteiger partial charge in [-0.15, -0.1) is 0 Å². The molecule has 3 nitrogen and oxygen atoms in total. The maximum absolute atomic E-state index is 8.96. The minimum Gasteiger partial charge on any atom is -0.508 e. The first-order valence-electron chi connectivity index (χ1n) is 2.88. The lowest BCUT2D eigenvalue weighted by Crippen LogP contribution is -1.65. The summed E-state index contributed by atoms with van der Waals surface area (Å²) in [6, 6.07) is 4.81. The Morgan fingerprint density at radius 1 is 1.40 bits per heavy atom. The molecule has 0 aliphatic rings. The molecule has 0 radical (unpaired) electrons. The highest BCUT2D eigenvalue weighted by atomic mass is 16.3. The Morgan fingerprint density at radius 3 is 3.20 bits per heavy atom. The topological polar surface area (TPSA) is 46.3 Å². The van der Waals surface area contributed by atoms with Crippen LogP contribution >= 0.6 is 0 Å². The number of phenols is 1. The molecule has 1 heterocycles. The van der Waals surface area contributed by atoms with Crippen molar-refractivity contribution in [3.63, 3.8) is 0 Å². The van der Waals surface area contributed by atoms with Crippen LogP contribution in [0.1, 0.15) is 0 Å². The van der Waals surface area contributed by atoms with Gasteiger partial charge >= 0.3 is 0 Å². The monoisotopic (exact) mass is 135 g/mol. The number of fused-ring (bicyclic) bond motifs is 1. The maximum atomic E-state index is 8.96. The van der Waals surface area contributed by atoms with E-state index in [4.69, 9.17) is 9.52 Å². The number of phenolic OH excluding ortho intramolecular Hbond substituents is 1. The van der Waals surface area contributed by atoms with Crippen molar-refractivity contribution in [3.8, 4) is 5.75 Å². The fraction of sp³-hybridized carbons (Fsp3) is 0. The number of aromatic hydroxyl groups is 1. The van der Waals surface area contributed by atoms with Crippen molar-refractivity contribution >= 4 is 11.1 Å². The van der Waals surface area contributed by atoms with E-state index >= 15 is 0 Å². The molecule has 3 heteroatoms. The van der Waals surface area contributed by atoms with Gasteiger partial charge in [-0.25, -0.2) is 4.98 Å². The van der Waals surface area contributed by atoms with Gasteiger partial charge in [0.2, 0.25) is 0 Å². The van der Waals surface area contributed by atoms with E-state index in [0.29, 0.717) is 5.58 Å². The quantitative estimate of drug-likeness (QED) is 0.595. The van der Waals surface area contributed by atoms with Gasteiger partial charge in [0.15, 0.2) is 12.0 Å². The number of nitrogens with zero attached hydrogens (tertiary/aromatic N) is 1. The van der Waals surface area contributed by atoms with E-state index in [9.17, 15) is 0 Å². The van der Waals surface area contributed by atoms with E-state index in [-0.39, 0.29) is 5.75 Å². The van der Waals surface area contributed by atoms with Gasteiger partial charge in [0.25, 0.3) is 0 Å². The Bertz CT molecular complexity index is 353. The molecular formula is C7H5NO2. The average molecular weight is 135 g/mol. The van der Waals surface area contributed by atoms with Crippen LogP contribution in [-0.4, -0.2) is 10.1 Å². The van der Waals surface area contributed by atoms with Crippen molar-refractivity contribution in [2.24, 2.45) is 0 Å². The lowest BCUT2D eigenvalue weighted by atomic mass is 10.3. The molecule has 2 aromatic rings. The van der Waals surface area contributed by atoms with Gasteiger partial charge in [0, 0.05) is 6.07 Å². The van der Waals surface area contributed by atoms with Crippen LogP contribution in [0.2, 0.25) is 0 Å². The molecule has 0 bridgehead atoms. The van der Waals surface area contributed by atoms with Crippen LogP contribution in [0.15, 0.2) is 29.0 Å². The molecule has 0 spiro atoms. The van der Waals surface area contributed by atoms with Crippen LogP contribution in [0.5, 0.6) is 5.75 Å². The number of benzene rings is 1. The number of hydrogen-bond donors (Lipinski definition) is 1. The predicted molar refractivity (Wildman–Crippen MR) is 35.7 cm³/mol. The molecule has 1 N–H and O–H groups in total. The zero-order valence-electron chi connectivity index (χ0n) is 5.11. The largest absolute Gasteiger partial charge is 0.508 e. The minimum atomic E-state index is 0.198. The van der Waals surface area contributed by atoms with E-state index in [0.717, 1.165) is 5.52 Å². The van der Waals surface area contributed by atoms with Crippen LogP contribution < -0.4 is 0 Å². The van der Waals surface area contributed by atoms with Crippen molar-refractivity contribution in [3.05, 3.63) is 24.6 Å². The third kappa shape index (κ3) is 0.639. The molecule has 0 fully saturated rings. The molecule has 1 aromatic heterocycles. The summed E-state index contributed by atoms with van der Waals surface area (Å²) in [6.45, 7) is 0. The van der Waals surface area contributed by atoms with Gasteiger partial charge in [-0.2, -0.15) is 0 Å². The first-order valence-corrected chi connectivity index (χ1v) is 2.88. The molecule has 0 saturated heterocycles. The van der Waals surface area contributed by atoms with Crippen molar-refractivity contribution in [1.82, 2.24) is 4.98 Å². The van der Waals surface area contributed by atoms with Crippen LogP contribution in [-0.2, 0) is 0 Å². The standard InChI is InChI=1S/C7H5NO2/c9-5-1-2-6-7(3-5)10-4-8-6/h1-4,9H. The van der Waals surface area contributed by atoms with E-state index in [1.807, 2.05) is 0 Å². The van der Waals surface area contributed by atoms with Crippen LogP contribution in [0.3, 0.4) is 0 Å². The summed E-state index contributed by atoms with van der Waals surface area (Å²) in [7, 11) is 0. The summed E-state index contributed by atoms with van der Waals surface area (Å²) in [4.78, 5) is 3.88. The summed E-state index contributed by atoms with van der Waals surface area (Å²) >= 11 is 0. The molecule has 1 aromatic carbocycles. The van der Waals surface area contributed by atoms with E-state index in [2.05, 4.69) is 4.98 Å². The van der Waals surface area contributed by atoms with E-state index < -0.39 is 0 Å².